The Labute approximate surface area is 73.9 Å². The van der Waals surface area contributed by atoms with Gasteiger partial charge in [0.2, 0.25) is 0 Å². The second-order valence-corrected chi connectivity index (χ2v) is 3.56. The highest BCUT2D eigenvalue weighted by Crippen LogP contribution is 2.28. The van der Waals surface area contributed by atoms with E-state index in [0.717, 1.165) is 6.42 Å². The van der Waals surface area contributed by atoms with Crippen molar-refractivity contribution in [1.29, 1.82) is 0 Å². The SMILES string of the molecule is C#CCCC1(O)CCOC(C)C1. The van der Waals surface area contributed by atoms with Crippen LogP contribution in [0.5, 0.6) is 0 Å². The lowest BCUT2D eigenvalue weighted by atomic mass is 9.87. The van der Waals surface area contributed by atoms with Gasteiger partial charge in [0.1, 0.15) is 0 Å². The van der Waals surface area contributed by atoms with E-state index in [9.17, 15) is 5.11 Å². The van der Waals surface area contributed by atoms with Crippen molar-refractivity contribution < 1.29 is 9.84 Å². The summed E-state index contributed by atoms with van der Waals surface area (Å²) in [6.07, 6.45) is 8.11. The minimum atomic E-state index is -0.565. The molecule has 0 spiro atoms. The van der Waals surface area contributed by atoms with Gasteiger partial charge in [-0.2, -0.15) is 0 Å². The molecule has 1 saturated heterocycles. The Morgan fingerprint density at radius 2 is 2.50 bits per heavy atom. The zero-order valence-corrected chi connectivity index (χ0v) is 7.55. The fourth-order valence-corrected chi connectivity index (χ4v) is 1.68. The van der Waals surface area contributed by atoms with Crippen LogP contribution in [-0.4, -0.2) is 23.4 Å². The predicted octanol–water partition coefficient (Wildman–Crippen LogP) is 1.33. The van der Waals surface area contributed by atoms with Crippen molar-refractivity contribution in [3.8, 4) is 12.3 Å². The first-order chi connectivity index (χ1) is 5.66. The average Bonchev–Trinajstić information content (AvgIpc) is 2.01. The topological polar surface area (TPSA) is 29.5 Å². The van der Waals surface area contributed by atoms with Gasteiger partial charge >= 0.3 is 0 Å². The number of aliphatic hydroxyl groups is 1. The van der Waals surface area contributed by atoms with Crippen molar-refractivity contribution in [2.45, 2.75) is 44.3 Å². The summed E-state index contributed by atoms with van der Waals surface area (Å²) in [6.45, 7) is 2.64. The van der Waals surface area contributed by atoms with E-state index in [4.69, 9.17) is 11.2 Å². The molecule has 1 fully saturated rings. The maximum absolute atomic E-state index is 10.00. The number of rotatable bonds is 2. The molecule has 0 saturated carbocycles. The lowest BCUT2D eigenvalue weighted by Gasteiger charge is -2.35. The summed E-state index contributed by atoms with van der Waals surface area (Å²) in [7, 11) is 0. The van der Waals surface area contributed by atoms with Crippen LogP contribution in [-0.2, 0) is 4.74 Å². The molecule has 2 atom stereocenters. The molecule has 2 heteroatoms. The highest BCUT2D eigenvalue weighted by Gasteiger charge is 2.32. The lowest BCUT2D eigenvalue weighted by Crippen LogP contribution is -2.39. The average molecular weight is 168 g/mol. The zero-order chi connectivity index (χ0) is 9.03. The van der Waals surface area contributed by atoms with E-state index in [-0.39, 0.29) is 6.10 Å². The zero-order valence-electron chi connectivity index (χ0n) is 7.55. The van der Waals surface area contributed by atoms with E-state index < -0.39 is 5.60 Å². The van der Waals surface area contributed by atoms with Gasteiger partial charge in [0.25, 0.3) is 0 Å². The van der Waals surface area contributed by atoms with Gasteiger partial charge < -0.3 is 9.84 Å². The smallest absolute Gasteiger partial charge is 0.0703 e. The van der Waals surface area contributed by atoms with Crippen LogP contribution in [0, 0.1) is 12.3 Å². The van der Waals surface area contributed by atoms with Crippen molar-refractivity contribution in [3.05, 3.63) is 0 Å². The summed E-state index contributed by atoms with van der Waals surface area (Å²) in [5.41, 5.74) is -0.565. The first-order valence-electron chi connectivity index (χ1n) is 4.44. The third-order valence-corrected chi connectivity index (χ3v) is 2.37. The fourth-order valence-electron chi connectivity index (χ4n) is 1.68. The summed E-state index contributed by atoms with van der Waals surface area (Å²) in [4.78, 5) is 0. The van der Waals surface area contributed by atoms with Gasteiger partial charge in [0, 0.05) is 19.4 Å². The highest BCUT2D eigenvalue weighted by molar-refractivity contribution is 4.91. The summed E-state index contributed by atoms with van der Waals surface area (Å²) in [5, 5.41) is 10.00. The molecule has 1 heterocycles. The molecular formula is C10H16O2. The summed E-state index contributed by atoms with van der Waals surface area (Å²) >= 11 is 0. The third kappa shape index (κ3) is 2.51. The monoisotopic (exact) mass is 168 g/mol. The van der Waals surface area contributed by atoms with E-state index in [0.29, 0.717) is 25.9 Å². The molecule has 0 aliphatic carbocycles. The molecule has 68 valence electrons. The van der Waals surface area contributed by atoms with Crippen LogP contribution in [0.4, 0.5) is 0 Å². The van der Waals surface area contributed by atoms with Crippen LogP contribution in [0.25, 0.3) is 0 Å². The molecule has 0 aromatic rings. The molecular weight excluding hydrogens is 152 g/mol. The van der Waals surface area contributed by atoms with Crippen LogP contribution in [0.3, 0.4) is 0 Å². The van der Waals surface area contributed by atoms with Gasteiger partial charge in [-0.25, -0.2) is 0 Å². The fraction of sp³-hybridized carbons (Fsp3) is 0.800. The molecule has 12 heavy (non-hydrogen) atoms. The van der Waals surface area contributed by atoms with Crippen LogP contribution in [0.1, 0.15) is 32.6 Å². The first kappa shape index (κ1) is 9.57. The Morgan fingerprint density at radius 1 is 1.75 bits per heavy atom. The summed E-state index contributed by atoms with van der Waals surface area (Å²) in [6, 6.07) is 0. The number of hydrogen-bond donors (Lipinski definition) is 1. The maximum Gasteiger partial charge on any atom is 0.0703 e. The second kappa shape index (κ2) is 3.93. The van der Waals surface area contributed by atoms with Crippen LogP contribution in [0.15, 0.2) is 0 Å². The molecule has 1 aliphatic rings. The normalized spacial score (nSPS) is 35.9. The molecule has 0 amide bonds. The van der Waals surface area contributed by atoms with Crippen LogP contribution >= 0.6 is 0 Å². The molecule has 1 rings (SSSR count). The number of terminal acetylenes is 1. The summed E-state index contributed by atoms with van der Waals surface area (Å²) < 4.78 is 5.34. The third-order valence-electron chi connectivity index (χ3n) is 2.37. The van der Waals surface area contributed by atoms with Gasteiger partial charge in [-0.3, -0.25) is 0 Å². The molecule has 0 bridgehead atoms. The molecule has 0 radical (unpaired) electrons. The van der Waals surface area contributed by atoms with Crippen molar-refractivity contribution in [1.82, 2.24) is 0 Å². The standard InChI is InChI=1S/C10H16O2/c1-3-4-5-10(11)6-7-12-9(2)8-10/h1,9,11H,4-8H2,2H3. The van der Waals surface area contributed by atoms with Gasteiger partial charge in [0.05, 0.1) is 11.7 Å². The van der Waals surface area contributed by atoms with E-state index in [2.05, 4.69) is 5.92 Å². The minimum Gasteiger partial charge on any atom is -0.390 e. The summed E-state index contributed by atoms with van der Waals surface area (Å²) in [5.74, 6) is 2.55. The second-order valence-electron chi connectivity index (χ2n) is 3.56. The maximum atomic E-state index is 10.00. The molecule has 0 aromatic heterocycles. The largest absolute Gasteiger partial charge is 0.390 e. The van der Waals surface area contributed by atoms with Gasteiger partial charge in [-0.1, -0.05) is 0 Å². The van der Waals surface area contributed by atoms with Crippen molar-refractivity contribution in [3.63, 3.8) is 0 Å². The number of hydrogen-bond acceptors (Lipinski definition) is 2. The van der Waals surface area contributed by atoms with Crippen LogP contribution < -0.4 is 0 Å². The lowest BCUT2D eigenvalue weighted by molar-refractivity contribution is -0.0996. The molecule has 1 aliphatic heterocycles. The predicted molar refractivity (Wildman–Crippen MR) is 47.7 cm³/mol. The Kier molecular flexibility index (Phi) is 3.13. The minimum absolute atomic E-state index is 0.168. The Balaban J connectivity index is 2.41. The van der Waals surface area contributed by atoms with Gasteiger partial charge in [-0.05, 0) is 19.8 Å². The molecule has 2 nitrogen and oxygen atoms in total. The van der Waals surface area contributed by atoms with Crippen molar-refractivity contribution >= 4 is 0 Å². The molecule has 2 unspecified atom stereocenters. The van der Waals surface area contributed by atoms with Crippen molar-refractivity contribution in [2.24, 2.45) is 0 Å². The molecule has 0 aromatic carbocycles. The Bertz CT molecular complexity index is 183. The van der Waals surface area contributed by atoms with E-state index in [1.807, 2.05) is 6.92 Å². The van der Waals surface area contributed by atoms with E-state index in [1.165, 1.54) is 0 Å². The van der Waals surface area contributed by atoms with E-state index in [1.54, 1.807) is 0 Å². The Morgan fingerprint density at radius 3 is 3.08 bits per heavy atom. The van der Waals surface area contributed by atoms with Gasteiger partial charge in [0.15, 0.2) is 0 Å². The van der Waals surface area contributed by atoms with Gasteiger partial charge in [-0.15, -0.1) is 12.3 Å². The van der Waals surface area contributed by atoms with Crippen LogP contribution in [0.2, 0.25) is 0 Å². The highest BCUT2D eigenvalue weighted by atomic mass is 16.5. The number of ether oxygens (including phenoxy) is 1. The first-order valence-corrected chi connectivity index (χ1v) is 4.44. The molecule has 1 N–H and O–H groups in total. The van der Waals surface area contributed by atoms with E-state index >= 15 is 0 Å². The quantitative estimate of drug-likeness (QED) is 0.630. The van der Waals surface area contributed by atoms with Crippen molar-refractivity contribution in [2.75, 3.05) is 6.61 Å². The Hall–Kier alpha value is -0.520.